The van der Waals surface area contributed by atoms with Gasteiger partial charge in [-0.05, 0) is 66.0 Å². The molecule has 3 rings (SSSR count). The van der Waals surface area contributed by atoms with E-state index in [2.05, 4.69) is 47.8 Å². The van der Waals surface area contributed by atoms with Crippen LogP contribution in [0.2, 0.25) is 0 Å². The maximum absolute atomic E-state index is 10.6. The van der Waals surface area contributed by atoms with Crippen LogP contribution in [0, 0.1) is 22.7 Å². The number of nitrogens with zero attached hydrogens (tertiary/aromatic N) is 2. The van der Waals surface area contributed by atoms with Gasteiger partial charge in [0.1, 0.15) is 17.7 Å². The number of aldehydes is 3. The van der Waals surface area contributed by atoms with E-state index in [9.17, 15) is 29.7 Å². The molecular formula is C26H19Br3N2O9. The van der Waals surface area contributed by atoms with Crippen LogP contribution in [-0.2, 0) is 0 Å². The highest BCUT2D eigenvalue weighted by Gasteiger charge is 2.17. The number of hydrogen-bond acceptors (Lipinski definition) is 11. The van der Waals surface area contributed by atoms with E-state index >= 15 is 0 Å². The number of aromatic hydroxyl groups is 3. The normalized spacial score (nSPS) is 9.30. The van der Waals surface area contributed by atoms with Crippen molar-refractivity contribution in [3.8, 4) is 46.6 Å². The van der Waals surface area contributed by atoms with Crippen molar-refractivity contribution in [3.63, 3.8) is 0 Å². The highest BCUT2D eigenvalue weighted by atomic mass is 79.9. The molecule has 0 bridgehead atoms. The van der Waals surface area contributed by atoms with Crippen molar-refractivity contribution < 1.29 is 43.9 Å². The van der Waals surface area contributed by atoms with Gasteiger partial charge in [-0.1, -0.05) is 0 Å². The van der Waals surface area contributed by atoms with Gasteiger partial charge in [0, 0.05) is 26.1 Å². The number of nitriles is 2. The van der Waals surface area contributed by atoms with Crippen molar-refractivity contribution in [2.24, 2.45) is 0 Å². The molecule has 0 atom stereocenters. The number of carbonyl (C=O) groups excluding carboxylic acids is 3. The lowest BCUT2D eigenvalue weighted by atomic mass is 10.1. The van der Waals surface area contributed by atoms with Crippen LogP contribution in [-0.4, -0.2) is 55.5 Å². The molecule has 208 valence electrons. The van der Waals surface area contributed by atoms with Gasteiger partial charge in [0.25, 0.3) is 0 Å². The zero-order valence-electron chi connectivity index (χ0n) is 20.9. The Labute approximate surface area is 253 Å². The highest BCUT2D eigenvalue weighted by molar-refractivity contribution is 9.11. The van der Waals surface area contributed by atoms with Crippen LogP contribution in [0.4, 0.5) is 0 Å². The Hall–Kier alpha value is -4.11. The molecule has 0 spiro atoms. The van der Waals surface area contributed by atoms with Crippen molar-refractivity contribution >= 4 is 66.6 Å². The molecule has 40 heavy (non-hydrogen) atoms. The van der Waals surface area contributed by atoms with E-state index in [-0.39, 0.29) is 59.9 Å². The minimum absolute atomic E-state index is 0.000833. The first-order chi connectivity index (χ1) is 19.0. The van der Waals surface area contributed by atoms with Crippen LogP contribution >= 0.6 is 47.8 Å². The standard InChI is InChI=1S/C9H5BrN2O2.C9H7BrO4.C8H7BrO3/c2*1-14-7-2-5(3-11)8(10)6(4-12)9(7)13;1-12-8-2-5(4-10)6(9)3-7(8)11/h2,13H,1H3;2-4,13H,1H3;2-4,11H,1H3. The average Bonchev–Trinajstić information content (AvgIpc) is 2.95. The lowest BCUT2D eigenvalue weighted by molar-refractivity contribution is 0.111. The van der Waals surface area contributed by atoms with Crippen LogP contribution in [0.15, 0.2) is 37.7 Å². The van der Waals surface area contributed by atoms with E-state index in [0.29, 0.717) is 34.6 Å². The molecule has 0 saturated heterocycles. The first-order valence-electron chi connectivity index (χ1n) is 10.4. The quantitative estimate of drug-likeness (QED) is 0.264. The third-order valence-corrected chi connectivity index (χ3v) is 7.20. The predicted molar refractivity (Wildman–Crippen MR) is 153 cm³/mol. The Morgan fingerprint density at radius 2 is 1.23 bits per heavy atom. The molecule has 0 aliphatic carbocycles. The largest absolute Gasteiger partial charge is 0.504 e. The molecule has 0 unspecified atom stereocenters. The van der Waals surface area contributed by atoms with Gasteiger partial charge in [-0.15, -0.1) is 0 Å². The lowest BCUT2D eigenvalue weighted by Gasteiger charge is -2.08. The molecule has 3 N–H and O–H groups in total. The fourth-order valence-corrected chi connectivity index (χ4v) is 4.18. The number of benzene rings is 3. The molecule has 0 aromatic heterocycles. The summed E-state index contributed by atoms with van der Waals surface area (Å²) in [5.74, 6) is -0.0326. The van der Waals surface area contributed by atoms with E-state index in [1.165, 1.54) is 45.6 Å². The Kier molecular flexibility index (Phi) is 13.7. The van der Waals surface area contributed by atoms with E-state index in [0.717, 1.165) is 0 Å². The number of ether oxygens (including phenoxy) is 3. The second kappa shape index (κ2) is 16.1. The highest BCUT2D eigenvalue weighted by Crippen LogP contribution is 2.37. The Morgan fingerprint density at radius 1 is 0.700 bits per heavy atom. The van der Waals surface area contributed by atoms with Gasteiger partial charge < -0.3 is 29.5 Å². The van der Waals surface area contributed by atoms with Crippen LogP contribution in [0.3, 0.4) is 0 Å². The topological polar surface area (TPSA) is 187 Å². The third kappa shape index (κ3) is 7.95. The minimum atomic E-state index is -0.278. The van der Waals surface area contributed by atoms with E-state index in [1.54, 1.807) is 6.07 Å². The summed E-state index contributed by atoms with van der Waals surface area (Å²) < 4.78 is 15.5. The summed E-state index contributed by atoms with van der Waals surface area (Å²) in [6, 6.07) is 9.26. The van der Waals surface area contributed by atoms with Gasteiger partial charge in [-0.3, -0.25) is 14.4 Å². The average molecular weight is 743 g/mol. The number of hydrogen-bond donors (Lipinski definition) is 3. The summed E-state index contributed by atoms with van der Waals surface area (Å²) in [6.07, 6.45) is 1.71. The summed E-state index contributed by atoms with van der Waals surface area (Å²) in [4.78, 5) is 31.7. The summed E-state index contributed by atoms with van der Waals surface area (Å²) in [5.41, 5.74) is 0.954. The van der Waals surface area contributed by atoms with E-state index in [1.807, 2.05) is 6.07 Å². The summed E-state index contributed by atoms with van der Waals surface area (Å²) in [5, 5.41) is 45.7. The predicted octanol–water partition coefficient (Wildman–Crippen LogP) is 5.67. The molecule has 3 aromatic carbocycles. The van der Waals surface area contributed by atoms with Gasteiger partial charge in [-0.25, -0.2) is 0 Å². The number of methoxy groups -OCH3 is 3. The van der Waals surface area contributed by atoms with Crippen LogP contribution < -0.4 is 14.2 Å². The lowest BCUT2D eigenvalue weighted by Crippen LogP contribution is -1.94. The second-order valence-corrected chi connectivity index (χ2v) is 9.47. The van der Waals surface area contributed by atoms with E-state index < -0.39 is 0 Å². The third-order valence-electron chi connectivity index (χ3n) is 4.81. The monoisotopic (exact) mass is 740 g/mol. The molecule has 0 aliphatic heterocycles. The maximum Gasteiger partial charge on any atom is 0.177 e. The molecule has 3 aromatic rings. The Balaban J connectivity index is 0.000000301. The van der Waals surface area contributed by atoms with E-state index in [4.69, 9.17) is 24.7 Å². The van der Waals surface area contributed by atoms with Crippen molar-refractivity contribution in [2.45, 2.75) is 0 Å². The summed E-state index contributed by atoms with van der Waals surface area (Å²) in [6.45, 7) is 0. The molecule has 14 heteroatoms. The van der Waals surface area contributed by atoms with Gasteiger partial charge >= 0.3 is 0 Å². The van der Waals surface area contributed by atoms with Crippen LogP contribution in [0.1, 0.15) is 42.2 Å². The first kappa shape index (κ1) is 33.9. The van der Waals surface area contributed by atoms with Crippen molar-refractivity contribution in [1.29, 1.82) is 10.5 Å². The SMILES string of the molecule is COc1cc(C#N)c(Br)c(C#N)c1O.COc1cc(C=O)c(Br)c(C=O)c1O.COc1cc(C=O)c(Br)cc1O. The maximum atomic E-state index is 10.6. The van der Waals surface area contributed by atoms with Gasteiger partial charge in [0.2, 0.25) is 0 Å². The molecule has 0 fully saturated rings. The van der Waals surface area contributed by atoms with Gasteiger partial charge in [0.15, 0.2) is 53.4 Å². The molecule has 0 saturated carbocycles. The van der Waals surface area contributed by atoms with Gasteiger partial charge in [0.05, 0.1) is 36.9 Å². The minimum Gasteiger partial charge on any atom is -0.504 e. The molecule has 0 amide bonds. The Bertz CT molecular complexity index is 1510. The fraction of sp³-hybridized carbons (Fsp3) is 0.115. The van der Waals surface area contributed by atoms with Crippen molar-refractivity contribution in [2.75, 3.05) is 21.3 Å². The molecule has 0 heterocycles. The number of phenolic OH excluding ortho intramolecular Hbond substituents is 3. The number of carbonyl (C=O) groups is 3. The Morgan fingerprint density at radius 3 is 1.68 bits per heavy atom. The first-order valence-corrected chi connectivity index (χ1v) is 12.8. The molecule has 0 aliphatic rings. The summed E-state index contributed by atoms with van der Waals surface area (Å²) >= 11 is 9.22. The zero-order valence-corrected chi connectivity index (χ0v) is 25.6. The summed E-state index contributed by atoms with van der Waals surface area (Å²) in [7, 11) is 4.12. The van der Waals surface area contributed by atoms with Crippen molar-refractivity contribution in [1.82, 2.24) is 0 Å². The molecule has 11 nitrogen and oxygen atoms in total. The number of rotatable bonds is 6. The molecular weight excluding hydrogens is 724 g/mol. The zero-order chi connectivity index (χ0) is 30.6. The fourth-order valence-electron chi connectivity index (χ4n) is 2.79. The molecule has 0 radical (unpaired) electrons. The van der Waals surface area contributed by atoms with Crippen LogP contribution in [0.25, 0.3) is 0 Å². The van der Waals surface area contributed by atoms with Crippen molar-refractivity contribution in [3.05, 3.63) is 65.5 Å². The van der Waals surface area contributed by atoms with Gasteiger partial charge in [-0.2, -0.15) is 10.5 Å². The smallest absolute Gasteiger partial charge is 0.177 e. The second-order valence-electron chi connectivity index (χ2n) is 7.03. The number of phenols is 3. The van der Waals surface area contributed by atoms with Crippen LogP contribution in [0.5, 0.6) is 34.5 Å². The number of halogens is 3.